The molecule has 0 bridgehead atoms. The Morgan fingerprint density at radius 3 is 3.03 bits per heavy atom. The van der Waals surface area contributed by atoms with Gasteiger partial charge in [0.25, 0.3) is 0 Å². The van der Waals surface area contributed by atoms with E-state index >= 15 is 0 Å². The highest BCUT2D eigenvalue weighted by Crippen LogP contribution is 2.44. The van der Waals surface area contributed by atoms with Crippen molar-refractivity contribution in [2.24, 2.45) is 9.50 Å². The predicted molar refractivity (Wildman–Crippen MR) is 116 cm³/mol. The summed E-state index contributed by atoms with van der Waals surface area (Å²) in [6, 6.07) is 1.59. The Kier molecular flexibility index (Phi) is 5.03. The molecule has 2 amide bonds. The summed E-state index contributed by atoms with van der Waals surface area (Å²) in [5.74, 6) is 0.635. The maximum absolute atomic E-state index is 13.2. The van der Waals surface area contributed by atoms with E-state index in [1.54, 1.807) is 7.11 Å². The van der Waals surface area contributed by atoms with Crippen molar-refractivity contribution in [3.05, 3.63) is 34.5 Å². The fraction of sp³-hybridized carbons (Fsp3) is 0.524. The predicted octanol–water partition coefficient (Wildman–Crippen LogP) is 2.76. The molecule has 0 radical (unpaired) electrons. The number of rotatable bonds is 3. The first-order valence-corrected chi connectivity index (χ1v) is 12.2. The monoisotopic (exact) mass is 445 g/mol. The van der Waals surface area contributed by atoms with Crippen molar-refractivity contribution >= 4 is 21.6 Å². The molecule has 1 aromatic heterocycles. The lowest BCUT2D eigenvalue weighted by molar-refractivity contribution is 0.0165. The zero-order chi connectivity index (χ0) is 21.8. The molecular weight excluding hydrogens is 418 g/mol. The number of hydrogen-bond donors (Lipinski definition) is 2. The molecule has 3 N–H and O–H groups in total. The van der Waals surface area contributed by atoms with Crippen molar-refractivity contribution < 1.29 is 18.5 Å². The second kappa shape index (κ2) is 7.61. The Morgan fingerprint density at radius 2 is 2.23 bits per heavy atom. The van der Waals surface area contributed by atoms with Crippen molar-refractivity contribution in [2.45, 2.75) is 62.5 Å². The van der Waals surface area contributed by atoms with Crippen molar-refractivity contribution in [3.63, 3.8) is 0 Å². The van der Waals surface area contributed by atoms with E-state index in [0.29, 0.717) is 12.5 Å². The van der Waals surface area contributed by atoms with E-state index < -0.39 is 15.9 Å². The van der Waals surface area contributed by atoms with Gasteiger partial charge in [-0.1, -0.05) is 13.0 Å². The molecule has 5 rings (SSSR count). The number of benzene rings is 1. The summed E-state index contributed by atoms with van der Waals surface area (Å²) in [5.41, 5.74) is 5.79. The zero-order valence-corrected chi connectivity index (χ0v) is 18.5. The van der Waals surface area contributed by atoms with Gasteiger partial charge in [0, 0.05) is 12.8 Å². The standard InChI is InChI=1S/C21H27N5O4S/c1-12-6-7-14-8-13-4-3-5-16(13)19(18(12)14)24-21(27)25-31(22,28)17-9-23-26-10-15(29-2)11-30-20(17)26/h8-9,12,15H,3-7,10-11H2,1-2H3,(H3,22,24,25,27,28). The lowest BCUT2D eigenvalue weighted by Gasteiger charge is -2.23. The van der Waals surface area contributed by atoms with Gasteiger partial charge < -0.3 is 14.8 Å². The van der Waals surface area contributed by atoms with Gasteiger partial charge in [0.05, 0.1) is 12.7 Å². The molecule has 2 heterocycles. The number of carbonyl (C=O) groups excluding carboxylic acids is 1. The average Bonchev–Trinajstić information content (AvgIpc) is 3.45. The van der Waals surface area contributed by atoms with Gasteiger partial charge in [0.15, 0.2) is 9.92 Å². The van der Waals surface area contributed by atoms with Crippen LogP contribution in [0.3, 0.4) is 0 Å². The summed E-state index contributed by atoms with van der Waals surface area (Å²) in [6.07, 6.45) is 6.29. The number of carbonyl (C=O) groups is 1. The quantitative estimate of drug-likeness (QED) is 0.752. The van der Waals surface area contributed by atoms with Crippen LogP contribution < -0.4 is 15.2 Å². The Morgan fingerprint density at radius 1 is 1.39 bits per heavy atom. The molecule has 3 unspecified atom stereocenters. The van der Waals surface area contributed by atoms with Gasteiger partial charge in [-0.3, -0.25) is 0 Å². The highest BCUT2D eigenvalue weighted by Gasteiger charge is 2.30. The van der Waals surface area contributed by atoms with Gasteiger partial charge >= 0.3 is 6.03 Å². The highest BCUT2D eigenvalue weighted by atomic mass is 32.2. The molecule has 3 aliphatic rings. The van der Waals surface area contributed by atoms with Crippen LogP contribution in [-0.4, -0.2) is 39.8 Å². The third-order valence-corrected chi connectivity index (χ3v) is 7.85. The summed E-state index contributed by atoms with van der Waals surface area (Å²) in [7, 11) is -1.94. The van der Waals surface area contributed by atoms with Crippen molar-refractivity contribution in [1.82, 2.24) is 9.78 Å². The van der Waals surface area contributed by atoms with E-state index in [-0.39, 0.29) is 23.5 Å². The van der Waals surface area contributed by atoms with Crippen LogP contribution in [0.1, 0.15) is 47.9 Å². The minimum Gasteiger partial charge on any atom is -0.474 e. The number of anilines is 1. The number of nitrogens with zero attached hydrogens (tertiary/aromatic N) is 3. The van der Waals surface area contributed by atoms with Gasteiger partial charge in [0.1, 0.15) is 17.6 Å². The minimum atomic E-state index is -3.53. The zero-order valence-electron chi connectivity index (χ0n) is 17.7. The highest BCUT2D eigenvalue weighted by molar-refractivity contribution is 7.91. The molecule has 9 nitrogen and oxygen atoms in total. The van der Waals surface area contributed by atoms with E-state index in [0.717, 1.165) is 37.8 Å². The molecular formula is C21H27N5O4S. The van der Waals surface area contributed by atoms with E-state index in [4.69, 9.17) is 14.6 Å². The Hall–Kier alpha value is -2.43. The van der Waals surface area contributed by atoms with E-state index in [1.807, 2.05) is 0 Å². The van der Waals surface area contributed by atoms with Crippen LogP contribution in [0.25, 0.3) is 0 Å². The Bertz CT molecular complexity index is 1180. The molecule has 3 atom stereocenters. The number of urea groups is 1. The van der Waals surface area contributed by atoms with Crippen molar-refractivity contribution in [2.75, 3.05) is 19.0 Å². The SMILES string of the molecule is COC1COc2c(S(N)(=O)=NC(=O)Nc3c4c(cc5c3C(C)CC5)CCC4)cnn2C1. The number of nitrogens with two attached hydrogens (primary N) is 1. The Labute approximate surface area is 181 Å². The first-order chi connectivity index (χ1) is 14.9. The molecule has 2 aliphatic carbocycles. The van der Waals surface area contributed by atoms with Crippen LogP contribution in [0.5, 0.6) is 5.88 Å². The molecule has 166 valence electrons. The number of aryl methyl sites for hydroxylation is 2. The maximum atomic E-state index is 13.2. The second-order valence-corrected chi connectivity index (χ2v) is 10.3. The maximum Gasteiger partial charge on any atom is 0.354 e. The van der Waals surface area contributed by atoms with E-state index in [1.165, 1.54) is 33.1 Å². The first-order valence-electron chi connectivity index (χ1n) is 10.6. The fourth-order valence-corrected chi connectivity index (χ4v) is 5.95. The average molecular weight is 446 g/mol. The largest absolute Gasteiger partial charge is 0.474 e. The van der Waals surface area contributed by atoms with E-state index in [2.05, 4.69) is 27.8 Å². The summed E-state index contributed by atoms with van der Waals surface area (Å²) in [4.78, 5) is 13.0. The number of ether oxygens (including phenoxy) is 2. The topological polar surface area (TPSA) is 121 Å². The molecule has 1 aromatic carbocycles. The van der Waals surface area contributed by atoms with Crippen LogP contribution in [0.15, 0.2) is 21.5 Å². The minimum absolute atomic E-state index is 0.120. The summed E-state index contributed by atoms with van der Waals surface area (Å²) >= 11 is 0. The lowest BCUT2D eigenvalue weighted by Crippen LogP contribution is -2.32. The molecule has 10 heteroatoms. The summed E-state index contributed by atoms with van der Waals surface area (Å²) in [6.45, 7) is 2.92. The molecule has 2 aromatic rings. The van der Waals surface area contributed by atoms with Crippen LogP contribution >= 0.6 is 0 Å². The van der Waals surface area contributed by atoms with Gasteiger partial charge in [-0.05, 0) is 60.3 Å². The van der Waals surface area contributed by atoms with Crippen LogP contribution in [0.4, 0.5) is 10.5 Å². The molecule has 31 heavy (non-hydrogen) atoms. The van der Waals surface area contributed by atoms with Gasteiger partial charge in [-0.2, -0.15) is 5.10 Å². The number of hydrogen-bond acceptors (Lipinski definition) is 5. The third kappa shape index (κ3) is 3.52. The molecule has 0 saturated heterocycles. The third-order valence-electron chi connectivity index (χ3n) is 6.51. The van der Waals surface area contributed by atoms with Crippen LogP contribution in [0.2, 0.25) is 0 Å². The van der Waals surface area contributed by atoms with Gasteiger partial charge in [-0.25, -0.2) is 18.8 Å². The lowest BCUT2D eigenvalue weighted by atomic mass is 9.95. The number of methoxy groups -OCH3 is 1. The molecule has 1 aliphatic heterocycles. The normalized spacial score (nSPS) is 23.3. The van der Waals surface area contributed by atoms with Gasteiger partial charge in [-0.15, -0.1) is 4.36 Å². The van der Waals surface area contributed by atoms with Crippen molar-refractivity contribution in [3.8, 4) is 5.88 Å². The van der Waals surface area contributed by atoms with E-state index in [9.17, 15) is 9.00 Å². The van der Waals surface area contributed by atoms with Crippen LogP contribution in [-0.2, 0) is 40.5 Å². The Balaban J connectivity index is 1.47. The fourth-order valence-electron chi connectivity index (χ4n) is 4.95. The second-order valence-electron chi connectivity index (χ2n) is 8.51. The molecule has 0 spiro atoms. The number of nitrogens with one attached hydrogen (secondary N) is 1. The number of fused-ring (bicyclic) bond motifs is 3. The molecule has 0 fully saturated rings. The van der Waals surface area contributed by atoms with Gasteiger partial charge in [0.2, 0.25) is 5.88 Å². The number of aromatic nitrogens is 2. The molecule has 0 saturated carbocycles. The summed E-state index contributed by atoms with van der Waals surface area (Å²) < 4.78 is 29.5. The van der Waals surface area contributed by atoms with Crippen LogP contribution in [0, 0.1) is 0 Å². The number of amides is 2. The first kappa shape index (κ1) is 20.5. The smallest absolute Gasteiger partial charge is 0.354 e. The van der Waals surface area contributed by atoms with Crippen molar-refractivity contribution in [1.29, 1.82) is 0 Å². The summed E-state index contributed by atoms with van der Waals surface area (Å²) in [5, 5.41) is 13.1.